The molecule has 0 atom stereocenters. The number of anilines is 1. The van der Waals surface area contributed by atoms with E-state index in [2.05, 4.69) is 36.3 Å². The second kappa shape index (κ2) is 7.10. The van der Waals surface area contributed by atoms with Crippen molar-refractivity contribution in [2.45, 2.75) is 0 Å². The fourth-order valence-electron chi connectivity index (χ4n) is 2.37. The monoisotopic (exact) mass is 445 g/mol. The van der Waals surface area contributed by atoms with Gasteiger partial charge < -0.3 is 5.32 Å². The molecular formula is C17H12BrN5OS2. The van der Waals surface area contributed by atoms with Crippen LogP contribution in [0.3, 0.4) is 0 Å². The zero-order valence-corrected chi connectivity index (χ0v) is 16.7. The molecule has 0 fully saturated rings. The standard InChI is InChI=1S/C17H12BrN5OS2/c1-23-7-12(15(22-23)11-4-2-3-5-19-11)20-16(24)13-9-26-17(21-13)14-6-10(18)8-25-14/h2-9H,1H3,(H,20,24). The van der Waals surface area contributed by atoms with Gasteiger partial charge in [-0.25, -0.2) is 4.98 Å². The van der Waals surface area contributed by atoms with Crippen LogP contribution in [0.4, 0.5) is 5.69 Å². The molecule has 0 radical (unpaired) electrons. The lowest BCUT2D eigenvalue weighted by atomic mass is 10.2. The summed E-state index contributed by atoms with van der Waals surface area (Å²) in [7, 11) is 1.80. The maximum atomic E-state index is 12.6. The molecule has 4 rings (SSSR count). The van der Waals surface area contributed by atoms with Crippen LogP contribution in [-0.2, 0) is 7.05 Å². The summed E-state index contributed by atoms with van der Waals surface area (Å²) in [5.41, 5.74) is 2.31. The van der Waals surface area contributed by atoms with E-state index in [1.54, 1.807) is 40.8 Å². The highest BCUT2D eigenvalue weighted by molar-refractivity contribution is 9.10. The van der Waals surface area contributed by atoms with Gasteiger partial charge in [0, 0.05) is 34.7 Å². The topological polar surface area (TPSA) is 72.7 Å². The molecule has 9 heteroatoms. The van der Waals surface area contributed by atoms with Gasteiger partial charge in [0.05, 0.1) is 16.3 Å². The Bertz CT molecular complexity index is 1070. The van der Waals surface area contributed by atoms with Gasteiger partial charge in [0.1, 0.15) is 16.4 Å². The molecular weight excluding hydrogens is 434 g/mol. The number of thiazole rings is 1. The van der Waals surface area contributed by atoms with E-state index in [0.717, 1.165) is 14.4 Å². The summed E-state index contributed by atoms with van der Waals surface area (Å²) in [6.07, 6.45) is 3.45. The average Bonchev–Trinajstić information content (AvgIpc) is 3.35. The number of pyridine rings is 1. The highest BCUT2D eigenvalue weighted by atomic mass is 79.9. The molecule has 130 valence electrons. The first-order valence-corrected chi connectivity index (χ1v) is 10.1. The number of carbonyl (C=O) groups is 1. The van der Waals surface area contributed by atoms with Crippen molar-refractivity contribution in [1.82, 2.24) is 19.7 Å². The number of carbonyl (C=O) groups excluding carboxylic acids is 1. The summed E-state index contributed by atoms with van der Waals surface area (Å²) >= 11 is 6.46. The molecule has 0 saturated heterocycles. The highest BCUT2D eigenvalue weighted by Gasteiger charge is 2.17. The first-order valence-electron chi connectivity index (χ1n) is 7.56. The molecule has 0 spiro atoms. The van der Waals surface area contributed by atoms with Gasteiger partial charge in [0.25, 0.3) is 5.91 Å². The van der Waals surface area contributed by atoms with Crippen LogP contribution in [0.5, 0.6) is 0 Å². The third-order valence-corrected chi connectivity index (χ3v) is 6.20. The summed E-state index contributed by atoms with van der Waals surface area (Å²) < 4.78 is 2.66. The Labute approximate surface area is 165 Å². The predicted octanol–water partition coefficient (Wildman–Crippen LogP) is 4.68. The quantitative estimate of drug-likeness (QED) is 0.494. The average molecular weight is 446 g/mol. The summed E-state index contributed by atoms with van der Waals surface area (Å²) in [6.45, 7) is 0. The van der Waals surface area contributed by atoms with Crippen LogP contribution in [-0.4, -0.2) is 25.7 Å². The summed E-state index contributed by atoms with van der Waals surface area (Å²) in [5, 5.41) is 11.9. The van der Waals surface area contributed by atoms with E-state index >= 15 is 0 Å². The van der Waals surface area contributed by atoms with Gasteiger partial charge in [-0.3, -0.25) is 14.5 Å². The lowest BCUT2D eigenvalue weighted by molar-refractivity contribution is 0.102. The number of aromatic nitrogens is 4. The van der Waals surface area contributed by atoms with Crippen molar-refractivity contribution in [1.29, 1.82) is 0 Å². The van der Waals surface area contributed by atoms with Crippen LogP contribution >= 0.6 is 38.6 Å². The fourth-order valence-corrected chi connectivity index (χ4v) is 4.68. The third kappa shape index (κ3) is 3.46. The highest BCUT2D eigenvalue weighted by Crippen LogP contribution is 2.32. The number of rotatable bonds is 4. The maximum Gasteiger partial charge on any atom is 0.275 e. The van der Waals surface area contributed by atoms with Crippen LogP contribution in [0.25, 0.3) is 21.3 Å². The Balaban J connectivity index is 1.59. The van der Waals surface area contributed by atoms with Crippen LogP contribution < -0.4 is 5.32 Å². The molecule has 26 heavy (non-hydrogen) atoms. The molecule has 0 saturated carbocycles. The number of nitrogens with one attached hydrogen (secondary N) is 1. The molecule has 1 amide bonds. The second-order valence-corrected chi connectivity index (χ2v) is 8.09. The van der Waals surface area contributed by atoms with Crippen molar-refractivity contribution in [3.8, 4) is 21.3 Å². The minimum absolute atomic E-state index is 0.270. The zero-order chi connectivity index (χ0) is 18.1. The van der Waals surface area contributed by atoms with Crippen LogP contribution in [0.2, 0.25) is 0 Å². The fraction of sp³-hybridized carbons (Fsp3) is 0.0588. The van der Waals surface area contributed by atoms with Crippen LogP contribution in [0.1, 0.15) is 10.5 Å². The number of nitrogens with zero attached hydrogens (tertiary/aromatic N) is 4. The van der Waals surface area contributed by atoms with E-state index in [0.29, 0.717) is 22.8 Å². The maximum absolute atomic E-state index is 12.6. The Morgan fingerprint density at radius 3 is 2.88 bits per heavy atom. The van der Waals surface area contributed by atoms with Gasteiger partial charge in [-0.05, 0) is 34.1 Å². The Hall–Kier alpha value is -2.36. The number of aryl methyl sites for hydroxylation is 1. The SMILES string of the molecule is Cn1cc(NC(=O)c2csc(-c3cc(Br)cs3)n2)c(-c2ccccn2)n1. The Morgan fingerprint density at radius 1 is 1.27 bits per heavy atom. The number of thiophene rings is 1. The first kappa shape index (κ1) is 17.1. The van der Waals surface area contributed by atoms with Gasteiger partial charge in [-0.2, -0.15) is 5.10 Å². The molecule has 0 unspecified atom stereocenters. The minimum Gasteiger partial charge on any atom is -0.317 e. The zero-order valence-electron chi connectivity index (χ0n) is 13.5. The van der Waals surface area contributed by atoms with Gasteiger partial charge in [0.2, 0.25) is 0 Å². The van der Waals surface area contributed by atoms with Crippen molar-refractivity contribution in [3.05, 3.63) is 57.6 Å². The van der Waals surface area contributed by atoms with E-state index in [4.69, 9.17) is 0 Å². The smallest absolute Gasteiger partial charge is 0.275 e. The Kier molecular flexibility index (Phi) is 4.66. The summed E-state index contributed by atoms with van der Waals surface area (Å²) in [4.78, 5) is 22.4. The number of halogens is 1. The molecule has 6 nitrogen and oxygen atoms in total. The number of hydrogen-bond acceptors (Lipinski definition) is 6. The molecule has 4 aromatic heterocycles. The molecule has 0 bridgehead atoms. The van der Waals surface area contributed by atoms with Gasteiger partial charge in [-0.15, -0.1) is 22.7 Å². The van der Waals surface area contributed by atoms with Crippen molar-refractivity contribution in [2.75, 3.05) is 5.32 Å². The van der Waals surface area contributed by atoms with Crippen LogP contribution in [0.15, 0.2) is 51.9 Å². The largest absolute Gasteiger partial charge is 0.317 e. The van der Waals surface area contributed by atoms with E-state index < -0.39 is 0 Å². The van der Waals surface area contributed by atoms with Gasteiger partial charge in [0.15, 0.2) is 0 Å². The summed E-state index contributed by atoms with van der Waals surface area (Å²) in [6, 6.07) is 7.57. The van der Waals surface area contributed by atoms with Crippen molar-refractivity contribution in [3.63, 3.8) is 0 Å². The molecule has 0 aliphatic carbocycles. The number of amides is 1. The van der Waals surface area contributed by atoms with Crippen molar-refractivity contribution in [2.24, 2.45) is 7.05 Å². The molecule has 0 aliphatic heterocycles. The van der Waals surface area contributed by atoms with Crippen molar-refractivity contribution < 1.29 is 4.79 Å². The van der Waals surface area contributed by atoms with E-state index in [1.807, 2.05) is 29.6 Å². The molecule has 0 aliphatic rings. The lowest BCUT2D eigenvalue weighted by Gasteiger charge is -2.03. The van der Waals surface area contributed by atoms with E-state index in [1.165, 1.54) is 11.3 Å². The number of hydrogen-bond donors (Lipinski definition) is 1. The Morgan fingerprint density at radius 2 is 2.15 bits per heavy atom. The first-order chi connectivity index (χ1) is 12.6. The third-order valence-electron chi connectivity index (χ3n) is 3.50. The minimum atomic E-state index is -0.270. The predicted molar refractivity (Wildman–Crippen MR) is 108 cm³/mol. The van der Waals surface area contributed by atoms with Gasteiger partial charge >= 0.3 is 0 Å². The second-order valence-electron chi connectivity index (χ2n) is 5.40. The molecule has 0 aromatic carbocycles. The van der Waals surface area contributed by atoms with E-state index in [-0.39, 0.29) is 5.91 Å². The summed E-state index contributed by atoms with van der Waals surface area (Å²) in [5.74, 6) is -0.270. The lowest BCUT2D eigenvalue weighted by Crippen LogP contribution is -2.12. The van der Waals surface area contributed by atoms with Crippen molar-refractivity contribution >= 4 is 50.2 Å². The van der Waals surface area contributed by atoms with E-state index in [9.17, 15) is 4.79 Å². The van der Waals surface area contributed by atoms with Gasteiger partial charge in [-0.1, -0.05) is 6.07 Å². The molecule has 4 aromatic rings. The normalized spacial score (nSPS) is 10.8. The van der Waals surface area contributed by atoms with Crippen LogP contribution in [0, 0.1) is 0 Å². The molecule has 4 heterocycles. The molecule has 1 N–H and O–H groups in total.